The number of hydrogen-bond donors (Lipinski definition) is 1. The summed E-state index contributed by atoms with van der Waals surface area (Å²) in [6.07, 6.45) is 11.5. The average Bonchev–Trinajstić information content (AvgIpc) is 3.09. The molecule has 1 N–H and O–H groups in total. The van der Waals surface area contributed by atoms with Gasteiger partial charge in [-0.2, -0.15) is 0 Å². The smallest absolute Gasteiger partial charge is 0.232 e. The highest BCUT2D eigenvalue weighted by Crippen LogP contribution is 2.25. The molecule has 0 radical (unpaired) electrons. The van der Waals surface area contributed by atoms with Gasteiger partial charge in [0.25, 0.3) is 0 Å². The van der Waals surface area contributed by atoms with E-state index in [1.54, 1.807) is 6.20 Å². The molecular formula is C14H21N3O. The molecule has 1 heterocycles. The van der Waals surface area contributed by atoms with Gasteiger partial charge in [-0.25, -0.2) is 4.98 Å². The molecule has 18 heavy (non-hydrogen) atoms. The minimum Gasteiger partial charge on any atom is -0.476 e. The number of ether oxygens (including phenoxy) is 1. The van der Waals surface area contributed by atoms with Crippen LogP contribution < -0.4 is 10.1 Å². The zero-order valence-corrected chi connectivity index (χ0v) is 10.8. The Morgan fingerprint density at radius 3 is 2.61 bits per heavy atom. The number of nitrogens with one attached hydrogen (secondary N) is 1. The molecule has 0 saturated heterocycles. The lowest BCUT2D eigenvalue weighted by atomic mass is 10.1. The molecule has 0 spiro atoms. The average molecular weight is 247 g/mol. The van der Waals surface area contributed by atoms with Gasteiger partial charge in [0.1, 0.15) is 0 Å². The second kappa shape index (κ2) is 5.65. The Bertz CT molecular complexity index is 369. The highest BCUT2D eigenvalue weighted by molar-refractivity contribution is 5.07. The van der Waals surface area contributed by atoms with Crippen molar-refractivity contribution in [2.75, 3.05) is 6.61 Å². The van der Waals surface area contributed by atoms with Crippen LogP contribution in [0.5, 0.6) is 5.88 Å². The van der Waals surface area contributed by atoms with Gasteiger partial charge in [0.05, 0.1) is 24.7 Å². The van der Waals surface area contributed by atoms with Crippen LogP contribution >= 0.6 is 0 Å². The molecule has 0 aliphatic heterocycles. The summed E-state index contributed by atoms with van der Waals surface area (Å²) in [7, 11) is 0. The Hall–Kier alpha value is -1.16. The lowest BCUT2D eigenvalue weighted by Gasteiger charge is -2.10. The maximum Gasteiger partial charge on any atom is 0.232 e. The Morgan fingerprint density at radius 1 is 1.11 bits per heavy atom. The van der Waals surface area contributed by atoms with Crippen LogP contribution in [0, 0.1) is 5.92 Å². The van der Waals surface area contributed by atoms with E-state index in [0.717, 1.165) is 24.8 Å². The molecule has 2 aliphatic rings. The maximum atomic E-state index is 5.69. The predicted molar refractivity (Wildman–Crippen MR) is 69.3 cm³/mol. The Balaban J connectivity index is 1.44. The zero-order chi connectivity index (χ0) is 12.2. The molecule has 0 bridgehead atoms. The van der Waals surface area contributed by atoms with Gasteiger partial charge in [0, 0.05) is 12.6 Å². The first-order valence-corrected chi connectivity index (χ1v) is 7.07. The van der Waals surface area contributed by atoms with Gasteiger partial charge in [0.2, 0.25) is 5.88 Å². The summed E-state index contributed by atoms with van der Waals surface area (Å²) in [5.41, 5.74) is 0.995. The highest BCUT2D eigenvalue weighted by Gasteiger charge is 2.20. The molecule has 1 aromatic heterocycles. The van der Waals surface area contributed by atoms with Gasteiger partial charge >= 0.3 is 0 Å². The maximum absolute atomic E-state index is 5.69. The van der Waals surface area contributed by atoms with E-state index in [1.807, 2.05) is 6.20 Å². The van der Waals surface area contributed by atoms with E-state index >= 15 is 0 Å². The van der Waals surface area contributed by atoms with Gasteiger partial charge in [-0.3, -0.25) is 4.98 Å². The first-order valence-electron chi connectivity index (χ1n) is 7.07. The first-order chi connectivity index (χ1) is 8.90. The summed E-state index contributed by atoms with van der Waals surface area (Å²) < 4.78 is 5.69. The van der Waals surface area contributed by atoms with Gasteiger partial charge in [-0.15, -0.1) is 0 Å². The van der Waals surface area contributed by atoms with Crippen LogP contribution in [-0.4, -0.2) is 22.6 Å². The molecule has 0 atom stereocenters. The molecule has 1 aromatic rings. The van der Waals surface area contributed by atoms with Gasteiger partial charge in [-0.1, -0.05) is 12.8 Å². The van der Waals surface area contributed by atoms with Crippen molar-refractivity contribution < 1.29 is 4.74 Å². The van der Waals surface area contributed by atoms with E-state index in [-0.39, 0.29) is 0 Å². The van der Waals surface area contributed by atoms with Crippen LogP contribution in [0.15, 0.2) is 12.4 Å². The Morgan fingerprint density at radius 2 is 1.94 bits per heavy atom. The van der Waals surface area contributed by atoms with E-state index in [2.05, 4.69) is 15.3 Å². The van der Waals surface area contributed by atoms with Crippen LogP contribution in [0.1, 0.15) is 44.2 Å². The first kappa shape index (κ1) is 11.9. The van der Waals surface area contributed by atoms with E-state index in [1.165, 1.54) is 38.5 Å². The largest absolute Gasteiger partial charge is 0.476 e. The van der Waals surface area contributed by atoms with Crippen molar-refractivity contribution in [3.8, 4) is 5.88 Å². The fraction of sp³-hybridized carbons (Fsp3) is 0.714. The third-order valence-electron chi connectivity index (χ3n) is 3.77. The summed E-state index contributed by atoms with van der Waals surface area (Å²) in [6, 6.07) is 0.713. The summed E-state index contributed by atoms with van der Waals surface area (Å²) in [6.45, 7) is 1.62. The lowest BCUT2D eigenvalue weighted by molar-refractivity contribution is 0.242. The molecule has 4 heteroatoms. The molecule has 98 valence electrons. The number of aromatic nitrogens is 2. The molecule has 0 unspecified atom stereocenters. The van der Waals surface area contributed by atoms with Crippen molar-refractivity contribution in [3.63, 3.8) is 0 Å². The van der Waals surface area contributed by atoms with E-state index in [4.69, 9.17) is 4.74 Å². The fourth-order valence-electron chi connectivity index (χ4n) is 2.43. The summed E-state index contributed by atoms with van der Waals surface area (Å²) >= 11 is 0. The van der Waals surface area contributed by atoms with Gasteiger partial charge in [-0.05, 0) is 31.6 Å². The van der Waals surface area contributed by atoms with E-state index in [9.17, 15) is 0 Å². The van der Waals surface area contributed by atoms with Crippen molar-refractivity contribution >= 4 is 0 Å². The normalized spacial score (nSPS) is 20.2. The molecule has 0 amide bonds. The minimum atomic E-state index is 0.664. The number of hydrogen-bond acceptors (Lipinski definition) is 4. The minimum absolute atomic E-state index is 0.664. The zero-order valence-electron chi connectivity index (χ0n) is 10.8. The van der Waals surface area contributed by atoms with E-state index < -0.39 is 0 Å². The van der Waals surface area contributed by atoms with Crippen LogP contribution in [0.25, 0.3) is 0 Å². The molecule has 4 nitrogen and oxygen atoms in total. The molecular weight excluding hydrogens is 226 g/mol. The van der Waals surface area contributed by atoms with Crippen molar-refractivity contribution in [3.05, 3.63) is 18.1 Å². The summed E-state index contributed by atoms with van der Waals surface area (Å²) in [5.74, 6) is 1.39. The SMILES string of the molecule is c1nc(OCC2CCCC2)cnc1CNC1CC1. The van der Waals surface area contributed by atoms with Crippen LogP contribution in [-0.2, 0) is 6.54 Å². The number of nitrogens with zero attached hydrogens (tertiary/aromatic N) is 2. The third kappa shape index (κ3) is 3.42. The van der Waals surface area contributed by atoms with Crippen molar-refractivity contribution in [1.29, 1.82) is 0 Å². The standard InChI is InChI=1S/C14H21N3O/c1-2-4-11(3-1)10-18-14-9-16-13(8-17-14)7-15-12-5-6-12/h8-9,11-12,15H,1-7,10H2. The fourth-order valence-corrected chi connectivity index (χ4v) is 2.43. The van der Waals surface area contributed by atoms with Crippen molar-refractivity contribution in [2.24, 2.45) is 5.92 Å². The predicted octanol–water partition coefficient (Wildman–Crippen LogP) is 2.30. The lowest BCUT2D eigenvalue weighted by Crippen LogP contribution is -2.16. The van der Waals surface area contributed by atoms with E-state index in [0.29, 0.717) is 11.9 Å². The van der Waals surface area contributed by atoms with Crippen LogP contribution in [0.3, 0.4) is 0 Å². The van der Waals surface area contributed by atoms with Crippen molar-refractivity contribution in [1.82, 2.24) is 15.3 Å². The summed E-state index contributed by atoms with van der Waals surface area (Å²) in [5, 5.41) is 3.43. The van der Waals surface area contributed by atoms with Crippen molar-refractivity contribution in [2.45, 2.75) is 51.1 Å². The monoisotopic (exact) mass is 247 g/mol. The molecule has 2 saturated carbocycles. The molecule has 2 aliphatic carbocycles. The van der Waals surface area contributed by atoms with Crippen LogP contribution in [0.4, 0.5) is 0 Å². The molecule has 2 fully saturated rings. The van der Waals surface area contributed by atoms with Gasteiger partial charge < -0.3 is 10.1 Å². The molecule has 0 aromatic carbocycles. The van der Waals surface area contributed by atoms with Crippen LogP contribution in [0.2, 0.25) is 0 Å². The topological polar surface area (TPSA) is 47.0 Å². The molecule has 3 rings (SSSR count). The Labute approximate surface area is 108 Å². The van der Waals surface area contributed by atoms with Gasteiger partial charge in [0.15, 0.2) is 0 Å². The second-order valence-electron chi connectivity index (χ2n) is 5.46. The highest BCUT2D eigenvalue weighted by atomic mass is 16.5. The third-order valence-corrected chi connectivity index (χ3v) is 3.77. The number of rotatable bonds is 6. The summed E-state index contributed by atoms with van der Waals surface area (Å²) in [4.78, 5) is 8.69. The second-order valence-corrected chi connectivity index (χ2v) is 5.46. The quantitative estimate of drug-likeness (QED) is 0.838. The Kier molecular flexibility index (Phi) is 3.74.